The third-order valence-electron chi connectivity index (χ3n) is 3.72. The van der Waals surface area contributed by atoms with E-state index in [2.05, 4.69) is 6.92 Å². The van der Waals surface area contributed by atoms with Crippen molar-refractivity contribution in [3.05, 3.63) is 0 Å². The first kappa shape index (κ1) is 22.8. The second-order valence-electron chi connectivity index (χ2n) is 6.34. The molecule has 0 aromatic carbocycles. The van der Waals surface area contributed by atoms with Crippen LogP contribution in [-0.4, -0.2) is 60.8 Å². The Labute approximate surface area is 162 Å². The molecule has 0 heterocycles. The Hall–Kier alpha value is 0.511. The van der Waals surface area contributed by atoms with Gasteiger partial charge in [-0.2, -0.15) is 0 Å². The van der Waals surface area contributed by atoms with Crippen LogP contribution >= 0.6 is 0 Å². The molecule has 0 spiro atoms. The van der Waals surface area contributed by atoms with E-state index in [1.807, 2.05) is 20.8 Å². The average Bonchev–Trinajstić information content (AvgIpc) is 2.25. The maximum Gasteiger partial charge on any atom is 2.00 e. The standard InChI is InChI=1S/C15H28O4.Ba/c1-5-6-7-8-9-11(15(2,3)4)10-12(13(16)17)14(18)19;/h11-12H,5-10H2,1-4H3,(H,16,17)(H,18,19);/q;+2/p-2. The molecule has 1 unspecified atom stereocenters. The minimum atomic E-state index is -1.54. The van der Waals surface area contributed by atoms with Crippen molar-refractivity contribution in [3.8, 4) is 0 Å². The van der Waals surface area contributed by atoms with Crippen LogP contribution in [0.3, 0.4) is 0 Å². The van der Waals surface area contributed by atoms with Gasteiger partial charge in [-0.05, 0) is 24.2 Å². The van der Waals surface area contributed by atoms with Crippen LogP contribution in [0, 0.1) is 17.3 Å². The maximum atomic E-state index is 10.8. The van der Waals surface area contributed by atoms with Crippen molar-refractivity contribution in [2.45, 2.75) is 66.2 Å². The van der Waals surface area contributed by atoms with Crippen molar-refractivity contribution in [1.29, 1.82) is 0 Å². The second-order valence-corrected chi connectivity index (χ2v) is 6.34. The maximum absolute atomic E-state index is 10.8. The number of aliphatic carboxylic acids is 2. The fourth-order valence-corrected chi connectivity index (χ4v) is 2.30. The van der Waals surface area contributed by atoms with Gasteiger partial charge in [0.2, 0.25) is 0 Å². The van der Waals surface area contributed by atoms with Crippen LogP contribution in [0.15, 0.2) is 0 Å². The molecular formula is C15H26BaO4. The Kier molecular flexibility index (Phi) is 12.7. The monoisotopic (exact) mass is 408 g/mol. The number of hydrogen-bond acceptors (Lipinski definition) is 4. The molecule has 0 aliphatic heterocycles. The quantitative estimate of drug-likeness (QED) is 0.321. The summed E-state index contributed by atoms with van der Waals surface area (Å²) >= 11 is 0. The molecule has 0 aliphatic carbocycles. The van der Waals surface area contributed by atoms with Gasteiger partial charge in [0.25, 0.3) is 0 Å². The minimum Gasteiger partial charge on any atom is -0.549 e. The van der Waals surface area contributed by atoms with Crippen LogP contribution in [0.25, 0.3) is 0 Å². The minimum absolute atomic E-state index is 0. The van der Waals surface area contributed by atoms with Crippen LogP contribution in [0.5, 0.6) is 0 Å². The molecule has 0 fully saturated rings. The van der Waals surface area contributed by atoms with E-state index in [1.165, 1.54) is 0 Å². The Morgan fingerprint density at radius 2 is 1.50 bits per heavy atom. The number of carboxylic acids is 2. The molecule has 0 saturated heterocycles. The summed E-state index contributed by atoms with van der Waals surface area (Å²) in [6.07, 6.45) is 5.34. The molecule has 5 heteroatoms. The predicted molar refractivity (Wildman–Crippen MR) is 75.6 cm³/mol. The molecule has 0 saturated carbocycles. The van der Waals surface area contributed by atoms with Crippen molar-refractivity contribution < 1.29 is 19.8 Å². The average molecular weight is 408 g/mol. The van der Waals surface area contributed by atoms with Crippen LogP contribution in [0.2, 0.25) is 0 Å². The second kappa shape index (κ2) is 11.1. The number of carbonyl (C=O) groups excluding carboxylic acids is 2. The van der Waals surface area contributed by atoms with E-state index in [4.69, 9.17) is 0 Å². The van der Waals surface area contributed by atoms with Gasteiger partial charge in [0.1, 0.15) is 0 Å². The van der Waals surface area contributed by atoms with Gasteiger partial charge in [0, 0.05) is 5.92 Å². The Bertz CT molecular complexity index is 283. The molecule has 4 nitrogen and oxygen atoms in total. The molecule has 1 atom stereocenters. The number of carbonyl (C=O) groups is 2. The van der Waals surface area contributed by atoms with Gasteiger partial charge in [-0.25, -0.2) is 0 Å². The fourth-order valence-electron chi connectivity index (χ4n) is 2.30. The zero-order chi connectivity index (χ0) is 15.1. The summed E-state index contributed by atoms with van der Waals surface area (Å²) < 4.78 is 0. The third-order valence-corrected chi connectivity index (χ3v) is 3.72. The summed E-state index contributed by atoms with van der Waals surface area (Å²) in [5.41, 5.74) is -0.116. The number of hydrogen-bond donors (Lipinski definition) is 0. The fraction of sp³-hybridized carbons (Fsp3) is 0.867. The largest absolute Gasteiger partial charge is 2.00 e. The molecule has 112 valence electrons. The molecule has 0 amide bonds. The zero-order valence-electron chi connectivity index (χ0n) is 13.2. The van der Waals surface area contributed by atoms with Crippen molar-refractivity contribution in [2.24, 2.45) is 17.3 Å². The molecule has 0 aromatic heterocycles. The summed E-state index contributed by atoms with van der Waals surface area (Å²) in [7, 11) is 0. The van der Waals surface area contributed by atoms with Crippen molar-refractivity contribution >= 4 is 60.8 Å². The first-order valence-corrected chi connectivity index (χ1v) is 7.11. The van der Waals surface area contributed by atoms with E-state index in [-0.39, 0.29) is 66.6 Å². The van der Waals surface area contributed by atoms with Gasteiger partial charge >= 0.3 is 48.9 Å². The Morgan fingerprint density at radius 3 is 1.85 bits per heavy atom. The SMILES string of the molecule is CCCCCCC(CC(C(=O)[O-])C(=O)[O-])C(C)(C)C.[Ba+2]. The normalized spacial score (nSPS) is 12.8. The van der Waals surface area contributed by atoms with Gasteiger partial charge in [0.05, 0.1) is 11.9 Å². The molecule has 0 radical (unpaired) electrons. The summed E-state index contributed by atoms with van der Waals surface area (Å²) in [5, 5.41) is 21.7. The van der Waals surface area contributed by atoms with Crippen LogP contribution in [-0.2, 0) is 9.59 Å². The van der Waals surface area contributed by atoms with E-state index in [1.54, 1.807) is 0 Å². The van der Waals surface area contributed by atoms with Gasteiger partial charge < -0.3 is 19.8 Å². The molecule has 0 aromatic rings. The van der Waals surface area contributed by atoms with Gasteiger partial charge in [-0.15, -0.1) is 0 Å². The van der Waals surface area contributed by atoms with Crippen LogP contribution < -0.4 is 10.2 Å². The van der Waals surface area contributed by atoms with Crippen molar-refractivity contribution in [3.63, 3.8) is 0 Å². The molecule has 0 aliphatic rings. The first-order chi connectivity index (χ1) is 8.70. The summed E-state index contributed by atoms with van der Waals surface area (Å²) in [6.45, 7) is 8.17. The third kappa shape index (κ3) is 9.45. The van der Waals surface area contributed by atoms with E-state index in [0.717, 1.165) is 32.1 Å². The van der Waals surface area contributed by atoms with Gasteiger partial charge in [-0.1, -0.05) is 53.4 Å². The van der Waals surface area contributed by atoms with Crippen LogP contribution in [0.1, 0.15) is 66.2 Å². The van der Waals surface area contributed by atoms with Crippen LogP contribution in [0.4, 0.5) is 0 Å². The van der Waals surface area contributed by atoms with E-state index < -0.39 is 17.9 Å². The molecular weight excluding hydrogens is 381 g/mol. The van der Waals surface area contributed by atoms with E-state index in [9.17, 15) is 19.8 Å². The van der Waals surface area contributed by atoms with Crippen molar-refractivity contribution in [1.82, 2.24) is 0 Å². The topological polar surface area (TPSA) is 80.3 Å². The smallest absolute Gasteiger partial charge is 0.549 e. The first-order valence-electron chi connectivity index (χ1n) is 7.11. The summed E-state index contributed by atoms with van der Waals surface area (Å²) in [4.78, 5) is 21.7. The molecule has 0 bridgehead atoms. The van der Waals surface area contributed by atoms with Gasteiger partial charge in [0.15, 0.2) is 0 Å². The molecule has 20 heavy (non-hydrogen) atoms. The summed E-state index contributed by atoms with van der Waals surface area (Å²) in [6, 6.07) is 0. The van der Waals surface area contributed by atoms with Crippen molar-refractivity contribution in [2.75, 3.05) is 0 Å². The Morgan fingerprint density at radius 1 is 1.00 bits per heavy atom. The number of carboxylic acid groups (broad SMARTS) is 2. The zero-order valence-corrected chi connectivity index (χ0v) is 17.7. The predicted octanol–water partition coefficient (Wildman–Crippen LogP) is 0.744. The molecule has 0 N–H and O–H groups in total. The van der Waals surface area contributed by atoms with Gasteiger partial charge in [-0.3, -0.25) is 0 Å². The summed E-state index contributed by atoms with van der Waals surface area (Å²) in [5.74, 6) is -4.54. The number of unbranched alkanes of at least 4 members (excludes halogenated alkanes) is 3. The number of rotatable bonds is 9. The Balaban J connectivity index is 0. The van der Waals surface area contributed by atoms with E-state index in [0.29, 0.717) is 0 Å². The molecule has 0 rings (SSSR count). The van der Waals surface area contributed by atoms with E-state index >= 15 is 0 Å².